The molecule has 1 aliphatic rings. The Morgan fingerprint density at radius 2 is 1.57 bits per heavy atom. The summed E-state index contributed by atoms with van der Waals surface area (Å²) < 4.78 is 1.77. The molecule has 148 valence electrons. The molecular formula is C25H20ClN3O. The molecule has 5 heteroatoms. The lowest BCUT2D eigenvalue weighted by Crippen LogP contribution is -2.36. The van der Waals surface area contributed by atoms with E-state index in [4.69, 9.17) is 16.7 Å². The number of nitrogens with zero attached hydrogens (tertiary/aromatic N) is 3. The molecule has 0 atom stereocenters. The van der Waals surface area contributed by atoms with E-state index in [1.165, 1.54) is 11.1 Å². The molecule has 1 aromatic heterocycles. The van der Waals surface area contributed by atoms with Gasteiger partial charge in [0.05, 0.1) is 11.3 Å². The summed E-state index contributed by atoms with van der Waals surface area (Å²) in [5, 5.41) is 5.42. The molecule has 0 saturated carbocycles. The van der Waals surface area contributed by atoms with Crippen molar-refractivity contribution in [3.8, 4) is 16.9 Å². The maximum absolute atomic E-state index is 13.6. The second kappa shape index (κ2) is 7.81. The number of amides is 1. The highest BCUT2D eigenvalue weighted by Gasteiger charge is 2.26. The molecule has 5 rings (SSSR count). The van der Waals surface area contributed by atoms with Crippen LogP contribution in [0.3, 0.4) is 0 Å². The summed E-state index contributed by atoms with van der Waals surface area (Å²) in [5.74, 6) is -0.00312. The van der Waals surface area contributed by atoms with Gasteiger partial charge in [-0.3, -0.25) is 4.79 Å². The molecule has 0 spiro atoms. The van der Waals surface area contributed by atoms with Gasteiger partial charge in [0.1, 0.15) is 5.69 Å². The van der Waals surface area contributed by atoms with Gasteiger partial charge in [0.15, 0.2) is 0 Å². The Labute approximate surface area is 180 Å². The predicted octanol–water partition coefficient (Wildman–Crippen LogP) is 5.39. The van der Waals surface area contributed by atoms with Crippen LogP contribution in [0.1, 0.15) is 21.5 Å². The summed E-state index contributed by atoms with van der Waals surface area (Å²) in [6.45, 7) is 1.32. The highest BCUT2D eigenvalue weighted by molar-refractivity contribution is 6.30. The van der Waals surface area contributed by atoms with Crippen LogP contribution in [0, 0.1) is 0 Å². The van der Waals surface area contributed by atoms with Crippen LogP contribution >= 0.6 is 11.6 Å². The molecule has 2 heterocycles. The zero-order valence-corrected chi connectivity index (χ0v) is 17.1. The number of carbonyl (C=O) groups is 1. The van der Waals surface area contributed by atoms with Crippen molar-refractivity contribution < 1.29 is 4.79 Å². The lowest BCUT2D eigenvalue weighted by molar-refractivity contribution is 0.0735. The van der Waals surface area contributed by atoms with E-state index in [0.717, 1.165) is 17.7 Å². The van der Waals surface area contributed by atoms with Crippen molar-refractivity contribution in [2.75, 3.05) is 6.54 Å². The smallest absolute Gasteiger partial charge is 0.258 e. The van der Waals surface area contributed by atoms with Gasteiger partial charge in [-0.15, -0.1) is 0 Å². The first-order valence-electron chi connectivity index (χ1n) is 9.96. The van der Waals surface area contributed by atoms with E-state index in [2.05, 4.69) is 18.2 Å². The Bertz CT molecular complexity index is 1200. The predicted molar refractivity (Wildman–Crippen MR) is 119 cm³/mol. The van der Waals surface area contributed by atoms with Gasteiger partial charge in [0, 0.05) is 29.9 Å². The minimum Gasteiger partial charge on any atom is -0.334 e. The Morgan fingerprint density at radius 3 is 2.33 bits per heavy atom. The van der Waals surface area contributed by atoms with Crippen LogP contribution in [0.2, 0.25) is 5.02 Å². The minimum atomic E-state index is -0.00312. The topological polar surface area (TPSA) is 38.1 Å². The summed E-state index contributed by atoms with van der Waals surface area (Å²) in [5.41, 5.74) is 5.57. The quantitative estimate of drug-likeness (QED) is 0.451. The second-order valence-corrected chi connectivity index (χ2v) is 7.86. The van der Waals surface area contributed by atoms with Gasteiger partial charge in [-0.05, 0) is 41.8 Å². The van der Waals surface area contributed by atoms with E-state index in [9.17, 15) is 4.79 Å². The van der Waals surface area contributed by atoms with Crippen LogP contribution in [0.4, 0.5) is 0 Å². The fourth-order valence-electron chi connectivity index (χ4n) is 3.90. The number of benzene rings is 3. The molecule has 0 aliphatic carbocycles. The third-order valence-corrected chi connectivity index (χ3v) is 5.75. The lowest BCUT2D eigenvalue weighted by atomic mass is 9.99. The zero-order chi connectivity index (χ0) is 20.5. The second-order valence-electron chi connectivity index (χ2n) is 7.42. The van der Waals surface area contributed by atoms with Crippen LogP contribution in [0.25, 0.3) is 16.9 Å². The fourth-order valence-corrected chi connectivity index (χ4v) is 4.03. The van der Waals surface area contributed by atoms with E-state index < -0.39 is 0 Å². The summed E-state index contributed by atoms with van der Waals surface area (Å²) in [4.78, 5) is 15.5. The monoisotopic (exact) mass is 413 g/mol. The molecule has 1 amide bonds. The Morgan fingerprint density at radius 1 is 0.867 bits per heavy atom. The Hall–Kier alpha value is -3.37. The average Bonchev–Trinajstić information content (AvgIpc) is 3.25. The molecule has 30 heavy (non-hydrogen) atoms. The van der Waals surface area contributed by atoms with Crippen molar-refractivity contribution in [3.63, 3.8) is 0 Å². The van der Waals surface area contributed by atoms with Gasteiger partial charge in [-0.2, -0.15) is 5.10 Å². The van der Waals surface area contributed by atoms with Gasteiger partial charge in [0.2, 0.25) is 0 Å². The lowest BCUT2D eigenvalue weighted by Gasteiger charge is -2.28. The highest BCUT2D eigenvalue weighted by Crippen LogP contribution is 2.28. The van der Waals surface area contributed by atoms with Crippen LogP contribution in [-0.4, -0.2) is 27.1 Å². The zero-order valence-electron chi connectivity index (χ0n) is 16.3. The normalized spacial score (nSPS) is 13.2. The van der Waals surface area contributed by atoms with Gasteiger partial charge >= 0.3 is 0 Å². The molecule has 0 radical (unpaired) electrons. The van der Waals surface area contributed by atoms with Crippen molar-refractivity contribution in [1.29, 1.82) is 0 Å². The van der Waals surface area contributed by atoms with Crippen molar-refractivity contribution in [1.82, 2.24) is 14.7 Å². The average molecular weight is 414 g/mol. The third-order valence-electron chi connectivity index (χ3n) is 5.50. The molecule has 0 bridgehead atoms. The minimum absolute atomic E-state index is 0.00312. The van der Waals surface area contributed by atoms with E-state index in [-0.39, 0.29) is 5.91 Å². The molecule has 1 aliphatic heterocycles. The highest BCUT2D eigenvalue weighted by atomic mass is 35.5. The van der Waals surface area contributed by atoms with Crippen LogP contribution in [0.5, 0.6) is 0 Å². The number of para-hydroxylation sites is 1. The SMILES string of the molecule is O=C(c1cn(-c2ccccc2)nc1-c1ccc(Cl)cc1)N1CCc2ccccc2C1. The molecule has 0 fully saturated rings. The number of carbonyl (C=O) groups excluding carboxylic acids is 1. The fraction of sp³-hybridized carbons (Fsp3) is 0.120. The standard InChI is InChI=1S/C25H20ClN3O/c26-21-12-10-19(11-13-21)24-23(17-29(27-24)22-8-2-1-3-9-22)25(30)28-15-14-18-6-4-5-7-20(18)16-28/h1-13,17H,14-16H2. The van der Waals surface area contributed by atoms with Gasteiger partial charge in [0.25, 0.3) is 5.91 Å². The third kappa shape index (κ3) is 3.51. The maximum Gasteiger partial charge on any atom is 0.258 e. The Kier molecular flexibility index (Phi) is 4.85. The summed E-state index contributed by atoms with van der Waals surface area (Å²) >= 11 is 6.07. The van der Waals surface area contributed by atoms with Crippen LogP contribution in [0.15, 0.2) is 85.1 Å². The first-order valence-corrected chi connectivity index (χ1v) is 10.3. The van der Waals surface area contributed by atoms with Gasteiger partial charge in [-0.1, -0.05) is 66.2 Å². The molecule has 0 saturated heterocycles. The molecule has 4 aromatic rings. The molecule has 0 unspecified atom stereocenters. The number of rotatable bonds is 3. The first kappa shape index (κ1) is 18.6. The van der Waals surface area contributed by atoms with Crippen LogP contribution < -0.4 is 0 Å². The summed E-state index contributed by atoms with van der Waals surface area (Å²) in [6.07, 6.45) is 2.70. The van der Waals surface area contributed by atoms with Crippen molar-refractivity contribution >= 4 is 17.5 Å². The van der Waals surface area contributed by atoms with E-state index >= 15 is 0 Å². The number of aromatic nitrogens is 2. The molecule has 0 N–H and O–H groups in total. The molecule has 4 nitrogen and oxygen atoms in total. The van der Waals surface area contributed by atoms with E-state index in [1.807, 2.05) is 71.8 Å². The van der Waals surface area contributed by atoms with Gasteiger partial charge < -0.3 is 4.90 Å². The maximum atomic E-state index is 13.6. The number of fused-ring (bicyclic) bond motifs is 1. The van der Waals surface area contributed by atoms with Crippen LogP contribution in [-0.2, 0) is 13.0 Å². The molecule has 3 aromatic carbocycles. The number of halogens is 1. The molecular weight excluding hydrogens is 394 g/mol. The van der Waals surface area contributed by atoms with Crippen molar-refractivity contribution in [3.05, 3.63) is 107 Å². The first-order chi connectivity index (χ1) is 14.7. The van der Waals surface area contributed by atoms with Crippen molar-refractivity contribution in [2.24, 2.45) is 0 Å². The van der Waals surface area contributed by atoms with E-state index in [0.29, 0.717) is 29.4 Å². The van der Waals surface area contributed by atoms with E-state index in [1.54, 1.807) is 4.68 Å². The number of hydrogen-bond acceptors (Lipinski definition) is 2. The van der Waals surface area contributed by atoms with Crippen molar-refractivity contribution in [2.45, 2.75) is 13.0 Å². The Balaban J connectivity index is 1.55. The number of hydrogen-bond donors (Lipinski definition) is 0. The largest absolute Gasteiger partial charge is 0.334 e. The summed E-state index contributed by atoms with van der Waals surface area (Å²) in [6, 6.07) is 25.6. The summed E-state index contributed by atoms with van der Waals surface area (Å²) in [7, 11) is 0. The van der Waals surface area contributed by atoms with Gasteiger partial charge in [-0.25, -0.2) is 4.68 Å².